The highest BCUT2D eigenvalue weighted by atomic mass is 16.5. The summed E-state index contributed by atoms with van der Waals surface area (Å²) in [6.45, 7) is 5.22. The van der Waals surface area contributed by atoms with Crippen LogP contribution in [0.15, 0.2) is 42.6 Å². The molecule has 0 spiro atoms. The van der Waals surface area contributed by atoms with E-state index in [4.69, 9.17) is 4.74 Å². The van der Waals surface area contributed by atoms with Crippen molar-refractivity contribution >= 4 is 0 Å². The molecule has 0 unspecified atom stereocenters. The number of benzene rings is 1. The van der Waals surface area contributed by atoms with Gasteiger partial charge in [-0.15, -0.1) is 0 Å². The summed E-state index contributed by atoms with van der Waals surface area (Å²) in [5, 5.41) is 0. The molecule has 2 heteroatoms. The summed E-state index contributed by atoms with van der Waals surface area (Å²) >= 11 is 0. The van der Waals surface area contributed by atoms with Crippen LogP contribution < -0.4 is 4.74 Å². The molecular weight excluding hydrogens is 270 g/mol. The van der Waals surface area contributed by atoms with E-state index in [9.17, 15) is 0 Å². The molecule has 2 nitrogen and oxygen atoms in total. The van der Waals surface area contributed by atoms with Gasteiger partial charge < -0.3 is 4.74 Å². The molecule has 0 amide bonds. The molecule has 1 aromatic carbocycles. The van der Waals surface area contributed by atoms with Gasteiger partial charge in [-0.05, 0) is 48.7 Å². The van der Waals surface area contributed by atoms with E-state index in [0.717, 1.165) is 42.9 Å². The molecule has 118 valence electrons. The fourth-order valence-corrected chi connectivity index (χ4v) is 2.47. The largest absolute Gasteiger partial charge is 0.494 e. The summed E-state index contributed by atoms with van der Waals surface area (Å²) in [4.78, 5) is 4.55. The third kappa shape index (κ3) is 5.18. The summed E-state index contributed by atoms with van der Waals surface area (Å²) < 4.78 is 5.77. The molecule has 0 aliphatic rings. The van der Waals surface area contributed by atoms with E-state index in [1.54, 1.807) is 0 Å². The molecule has 1 aromatic heterocycles. The Kier molecular flexibility index (Phi) is 6.95. The standard InChI is InChI=1S/C20H27NO/c1-3-5-6-7-15-22-19-12-10-18(11-13-19)20-14-9-17(8-4-2)16-21-20/h9-14,16H,3-8,15H2,1-2H3. The summed E-state index contributed by atoms with van der Waals surface area (Å²) in [6.07, 6.45) is 9.18. The van der Waals surface area contributed by atoms with Crippen molar-refractivity contribution < 1.29 is 4.74 Å². The van der Waals surface area contributed by atoms with Gasteiger partial charge in [0, 0.05) is 11.8 Å². The number of ether oxygens (including phenoxy) is 1. The average Bonchev–Trinajstić information content (AvgIpc) is 2.56. The van der Waals surface area contributed by atoms with Crippen LogP contribution in [0.5, 0.6) is 5.75 Å². The zero-order chi connectivity index (χ0) is 15.6. The SMILES string of the molecule is CCCCCCOc1ccc(-c2ccc(CCC)cn2)cc1. The van der Waals surface area contributed by atoms with Crippen LogP contribution >= 0.6 is 0 Å². The number of hydrogen-bond acceptors (Lipinski definition) is 2. The molecular formula is C20H27NO. The van der Waals surface area contributed by atoms with Crippen LogP contribution in [0.1, 0.15) is 51.5 Å². The van der Waals surface area contributed by atoms with Gasteiger partial charge in [0.05, 0.1) is 12.3 Å². The maximum atomic E-state index is 5.77. The number of aromatic nitrogens is 1. The number of nitrogens with zero attached hydrogens (tertiary/aromatic N) is 1. The minimum absolute atomic E-state index is 0.809. The van der Waals surface area contributed by atoms with Crippen molar-refractivity contribution in [3.63, 3.8) is 0 Å². The van der Waals surface area contributed by atoms with Crippen LogP contribution in [0.3, 0.4) is 0 Å². The van der Waals surface area contributed by atoms with E-state index in [2.05, 4.69) is 43.1 Å². The van der Waals surface area contributed by atoms with Crippen LogP contribution in [0.2, 0.25) is 0 Å². The predicted molar refractivity (Wildman–Crippen MR) is 93.3 cm³/mol. The number of hydrogen-bond donors (Lipinski definition) is 0. The molecule has 0 fully saturated rings. The van der Waals surface area contributed by atoms with Gasteiger partial charge in [0.1, 0.15) is 5.75 Å². The Morgan fingerprint density at radius 1 is 0.864 bits per heavy atom. The minimum Gasteiger partial charge on any atom is -0.494 e. The van der Waals surface area contributed by atoms with Crippen molar-refractivity contribution in [3.05, 3.63) is 48.2 Å². The Balaban J connectivity index is 1.88. The molecule has 0 atom stereocenters. The summed E-state index contributed by atoms with van der Waals surface area (Å²) in [7, 11) is 0. The van der Waals surface area contributed by atoms with Crippen molar-refractivity contribution in [2.45, 2.75) is 52.4 Å². The summed E-state index contributed by atoms with van der Waals surface area (Å²) in [5.41, 5.74) is 3.47. The van der Waals surface area contributed by atoms with Crippen LogP contribution in [-0.2, 0) is 6.42 Å². The molecule has 0 saturated heterocycles. The first kappa shape index (κ1) is 16.5. The second-order valence-electron chi connectivity index (χ2n) is 5.74. The summed E-state index contributed by atoms with van der Waals surface area (Å²) in [5.74, 6) is 0.947. The number of rotatable bonds is 9. The molecule has 1 heterocycles. The lowest BCUT2D eigenvalue weighted by atomic mass is 10.1. The number of aryl methyl sites for hydroxylation is 1. The quantitative estimate of drug-likeness (QED) is 0.557. The fraction of sp³-hybridized carbons (Fsp3) is 0.450. The first-order valence-corrected chi connectivity index (χ1v) is 8.51. The molecule has 2 aromatic rings. The average molecular weight is 297 g/mol. The minimum atomic E-state index is 0.809. The maximum Gasteiger partial charge on any atom is 0.119 e. The zero-order valence-corrected chi connectivity index (χ0v) is 13.8. The lowest BCUT2D eigenvalue weighted by molar-refractivity contribution is 0.305. The maximum absolute atomic E-state index is 5.77. The van der Waals surface area contributed by atoms with Gasteiger partial charge in [-0.3, -0.25) is 4.98 Å². The Hall–Kier alpha value is -1.83. The van der Waals surface area contributed by atoms with Crippen LogP contribution in [0, 0.1) is 0 Å². The number of unbranched alkanes of at least 4 members (excludes halogenated alkanes) is 3. The molecule has 0 bridgehead atoms. The first-order valence-electron chi connectivity index (χ1n) is 8.51. The second kappa shape index (κ2) is 9.24. The third-order valence-corrected chi connectivity index (χ3v) is 3.78. The van der Waals surface area contributed by atoms with Gasteiger partial charge in [0.25, 0.3) is 0 Å². The fourth-order valence-electron chi connectivity index (χ4n) is 2.47. The van der Waals surface area contributed by atoms with Crippen molar-refractivity contribution in [3.8, 4) is 17.0 Å². The Bertz CT molecular complexity index is 531. The Labute approximate surface area is 134 Å². The van der Waals surface area contributed by atoms with Crippen LogP contribution in [0.25, 0.3) is 11.3 Å². The van der Waals surface area contributed by atoms with E-state index >= 15 is 0 Å². The van der Waals surface area contributed by atoms with Gasteiger partial charge in [0.15, 0.2) is 0 Å². The number of pyridine rings is 1. The normalized spacial score (nSPS) is 10.6. The Morgan fingerprint density at radius 2 is 1.68 bits per heavy atom. The van der Waals surface area contributed by atoms with Crippen molar-refractivity contribution in [2.24, 2.45) is 0 Å². The molecule has 22 heavy (non-hydrogen) atoms. The zero-order valence-electron chi connectivity index (χ0n) is 13.8. The molecule has 0 aliphatic heterocycles. The first-order chi connectivity index (χ1) is 10.8. The van der Waals surface area contributed by atoms with Crippen LogP contribution in [0.4, 0.5) is 0 Å². The second-order valence-corrected chi connectivity index (χ2v) is 5.74. The van der Waals surface area contributed by atoms with Gasteiger partial charge in [-0.25, -0.2) is 0 Å². The van der Waals surface area contributed by atoms with Crippen molar-refractivity contribution in [1.82, 2.24) is 4.98 Å². The van der Waals surface area contributed by atoms with E-state index in [1.165, 1.54) is 24.8 Å². The van der Waals surface area contributed by atoms with Gasteiger partial charge in [0.2, 0.25) is 0 Å². The van der Waals surface area contributed by atoms with E-state index in [1.807, 2.05) is 18.3 Å². The highest BCUT2D eigenvalue weighted by molar-refractivity contribution is 5.60. The lowest BCUT2D eigenvalue weighted by Gasteiger charge is -2.07. The lowest BCUT2D eigenvalue weighted by Crippen LogP contribution is -1.97. The van der Waals surface area contributed by atoms with E-state index < -0.39 is 0 Å². The highest BCUT2D eigenvalue weighted by Gasteiger charge is 2.01. The molecule has 0 radical (unpaired) electrons. The van der Waals surface area contributed by atoms with Crippen molar-refractivity contribution in [1.29, 1.82) is 0 Å². The topological polar surface area (TPSA) is 22.1 Å². The van der Waals surface area contributed by atoms with E-state index in [0.29, 0.717) is 0 Å². The van der Waals surface area contributed by atoms with Gasteiger partial charge in [-0.1, -0.05) is 45.6 Å². The molecule has 0 aliphatic carbocycles. The van der Waals surface area contributed by atoms with Crippen molar-refractivity contribution in [2.75, 3.05) is 6.61 Å². The Morgan fingerprint density at radius 3 is 2.32 bits per heavy atom. The molecule has 0 saturated carbocycles. The smallest absolute Gasteiger partial charge is 0.119 e. The third-order valence-electron chi connectivity index (χ3n) is 3.78. The molecule has 0 N–H and O–H groups in total. The monoisotopic (exact) mass is 297 g/mol. The molecule has 2 rings (SSSR count). The highest BCUT2D eigenvalue weighted by Crippen LogP contribution is 2.21. The van der Waals surface area contributed by atoms with Gasteiger partial charge >= 0.3 is 0 Å². The van der Waals surface area contributed by atoms with E-state index in [-0.39, 0.29) is 0 Å². The van der Waals surface area contributed by atoms with Gasteiger partial charge in [-0.2, -0.15) is 0 Å². The summed E-state index contributed by atoms with van der Waals surface area (Å²) in [6, 6.07) is 12.5. The van der Waals surface area contributed by atoms with Crippen LogP contribution in [-0.4, -0.2) is 11.6 Å². The predicted octanol–water partition coefficient (Wildman–Crippen LogP) is 5.66.